The fourth-order valence-corrected chi connectivity index (χ4v) is 1.89. The first-order valence-electron chi connectivity index (χ1n) is 5.49. The van der Waals surface area contributed by atoms with Gasteiger partial charge in [-0.05, 0) is 19.1 Å². The predicted octanol–water partition coefficient (Wildman–Crippen LogP) is 2.65. The van der Waals surface area contributed by atoms with E-state index in [0.29, 0.717) is 11.3 Å². The number of benzene rings is 1. The molecule has 0 radical (unpaired) electrons. The largest absolute Gasteiger partial charge is 0.340 e. The van der Waals surface area contributed by atoms with E-state index >= 15 is 0 Å². The maximum absolute atomic E-state index is 13.5. The van der Waals surface area contributed by atoms with Crippen LogP contribution in [0.5, 0.6) is 0 Å². The minimum atomic E-state index is -0.667. The van der Waals surface area contributed by atoms with E-state index in [0.717, 1.165) is 6.07 Å². The van der Waals surface area contributed by atoms with Crippen molar-refractivity contribution in [1.29, 1.82) is 0 Å². The molecular weight excluding hydrogens is 238 g/mol. The van der Waals surface area contributed by atoms with Gasteiger partial charge in [0.25, 0.3) is 0 Å². The molecule has 1 N–H and O–H groups in total. The Kier molecular flexibility index (Phi) is 2.36. The van der Waals surface area contributed by atoms with Crippen molar-refractivity contribution in [3.8, 4) is 0 Å². The Hall–Kier alpha value is -2.24. The molecule has 0 spiro atoms. The average molecular weight is 248 g/mol. The van der Waals surface area contributed by atoms with E-state index < -0.39 is 11.6 Å². The first-order chi connectivity index (χ1) is 8.65. The summed E-state index contributed by atoms with van der Waals surface area (Å²) < 4.78 is 28.3. The molecule has 3 aromatic rings. The molecule has 2 aromatic heterocycles. The van der Waals surface area contributed by atoms with E-state index in [9.17, 15) is 8.78 Å². The first kappa shape index (κ1) is 10.9. The van der Waals surface area contributed by atoms with Crippen molar-refractivity contribution in [3.05, 3.63) is 48.1 Å². The molecule has 0 saturated carbocycles. The minimum absolute atomic E-state index is 0.144. The zero-order valence-corrected chi connectivity index (χ0v) is 9.56. The van der Waals surface area contributed by atoms with Crippen molar-refractivity contribution in [2.45, 2.75) is 13.0 Å². The van der Waals surface area contributed by atoms with Crippen LogP contribution in [0.4, 0.5) is 8.78 Å². The molecule has 0 aliphatic carbocycles. The van der Waals surface area contributed by atoms with Gasteiger partial charge in [0.05, 0.1) is 5.52 Å². The molecule has 0 fully saturated rings. The van der Waals surface area contributed by atoms with Crippen LogP contribution in [0.1, 0.15) is 18.8 Å². The monoisotopic (exact) mass is 248 g/mol. The number of imidazole rings is 1. The Morgan fingerprint density at radius 3 is 2.89 bits per heavy atom. The summed E-state index contributed by atoms with van der Waals surface area (Å²) in [4.78, 5) is 7.06. The molecule has 0 amide bonds. The van der Waals surface area contributed by atoms with Crippen LogP contribution >= 0.6 is 0 Å². The van der Waals surface area contributed by atoms with Gasteiger partial charge in [-0.2, -0.15) is 5.10 Å². The zero-order valence-electron chi connectivity index (χ0n) is 9.56. The molecule has 6 heteroatoms. The number of nitrogens with one attached hydrogen (secondary N) is 1. The van der Waals surface area contributed by atoms with Crippen LogP contribution in [-0.2, 0) is 0 Å². The lowest BCUT2D eigenvalue weighted by molar-refractivity contribution is 0.541. The molecule has 0 bridgehead atoms. The number of H-pyrrole nitrogens is 1. The van der Waals surface area contributed by atoms with Crippen molar-refractivity contribution >= 4 is 11.0 Å². The van der Waals surface area contributed by atoms with Gasteiger partial charge >= 0.3 is 0 Å². The summed E-state index contributed by atoms with van der Waals surface area (Å²) in [5.74, 6) is -0.750. The molecular formula is C12H10F2N4. The average Bonchev–Trinajstić information content (AvgIpc) is 2.96. The molecule has 1 unspecified atom stereocenters. The molecule has 1 aromatic carbocycles. The molecule has 3 rings (SSSR count). The summed E-state index contributed by atoms with van der Waals surface area (Å²) in [6.45, 7) is 1.87. The second kappa shape index (κ2) is 3.90. The van der Waals surface area contributed by atoms with Gasteiger partial charge in [-0.25, -0.2) is 13.8 Å². The lowest BCUT2D eigenvalue weighted by Gasteiger charge is -2.08. The summed E-state index contributed by atoms with van der Waals surface area (Å²) in [5, 5.41) is 4.09. The molecule has 4 nitrogen and oxygen atoms in total. The van der Waals surface area contributed by atoms with Crippen LogP contribution in [0, 0.1) is 11.6 Å². The molecule has 0 aliphatic rings. The van der Waals surface area contributed by atoms with Crippen molar-refractivity contribution in [2.24, 2.45) is 0 Å². The third-order valence-electron chi connectivity index (χ3n) is 2.84. The van der Waals surface area contributed by atoms with E-state index in [1.54, 1.807) is 23.1 Å². The van der Waals surface area contributed by atoms with Crippen molar-refractivity contribution in [2.75, 3.05) is 0 Å². The highest BCUT2D eigenvalue weighted by molar-refractivity contribution is 5.75. The molecule has 1 atom stereocenters. The second-order valence-corrected chi connectivity index (χ2v) is 4.07. The van der Waals surface area contributed by atoms with Gasteiger partial charge in [0.15, 0.2) is 5.82 Å². The standard InChI is InChI=1S/C12H10F2N4/c1-7(18-4-2-3-15-18)12-16-10-6-8(13)5-9(14)11(10)17-12/h2-7H,1H3,(H,16,17). The number of nitrogens with zero attached hydrogens (tertiary/aromatic N) is 3. The van der Waals surface area contributed by atoms with Gasteiger partial charge in [0.2, 0.25) is 0 Å². The van der Waals surface area contributed by atoms with Crippen LogP contribution in [0.25, 0.3) is 11.0 Å². The Bertz CT molecular complexity index is 687. The Balaban J connectivity index is 2.11. The van der Waals surface area contributed by atoms with Gasteiger partial charge in [-0.1, -0.05) is 0 Å². The number of aromatic amines is 1. The van der Waals surface area contributed by atoms with E-state index in [-0.39, 0.29) is 11.6 Å². The zero-order chi connectivity index (χ0) is 12.7. The molecule has 0 aliphatic heterocycles. The number of hydrogen-bond acceptors (Lipinski definition) is 2. The SMILES string of the molecule is CC(c1nc2c(F)cc(F)cc2[nH]1)n1cccn1. The number of fused-ring (bicyclic) bond motifs is 1. The highest BCUT2D eigenvalue weighted by Gasteiger charge is 2.15. The maximum atomic E-state index is 13.5. The third-order valence-corrected chi connectivity index (χ3v) is 2.84. The van der Waals surface area contributed by atoms with E-state index in [2.05, 4.69) is 15.1 Å². The molecule has 18 heavy (non-hydrogen) atoms. The normalized spacial score (nSPS) is 13.1. The second-order valence-electron chi connectivity index (χ2n) is 4.07. The van der Waals surface area contributed by atoms with E-state index in [1.165, 1.54) is 6.07 Å². The smallest absolute Gasteiger partial charge is 0.153 e. The number of halogens is 2. The van der Waals surface area contributed by atoms with Crippen molar-refractivity contribution in [1.82, 2.24) is 19.7 Å². The summed E-state index contributed by atoms with van der Waals surface area (Å²) in [7, 11) is 0. The van der Waals surface area contributed by atoms with Gasteiger partial charge in [-0.15, -0.1) is 0 Å². The molecule has 0 saturated heterocycles. The number of aromatic nitrogens is 4. The summed E-state index contributed by atoms with van der Waals surface area (Å²) >= 11 is 0. The summed E-state index contributed by atoms with van der Waals surface area (Å²) in [5.41, 5.74) is 0.493. The number of hydrogen-bond donors (Lipinski definition) is 1. The highest BCUT2D eigenvalue weighted by atomic mass is 19.1. The quantitative estimate of drug-likeness (QED) is 0.757. The van der Waals surface area contributed by atoms with Gasteiger partial charge in [0.1, 0.15) is 23.2 Å². The Morgan fingerprint density at radius 1 is 1.33 bits per heavy atom. The topological polar surface area (TPSA) is 46.5 Å². The fraction of sp³-hybridized carbons (Fsp3) is 0.167. The van der Waals surface area contributed by atoms with E-state index in [4.69, 9.17) is 0 Å². The fourth-order valence-electron chi connectivity index (χ4n) is 1.89. The lowest BCUT2D eigenvalue weighted by Crippen LogP contribution is -2.08. The van der Waals surface area contributed by atoms with Crippen LogP contribution < -0.4 is 0 Å². The van der Waals surface area contributed by atoms with Crippen LogP contribution in [0.2, 0.25) is 0 Å². The van der Waals surface area contributed by atoms with Gasteiger partial charge < -0.3 is 4.98 Å². The van der Waals surface area contributed by atoms with Crippen LogP contribution in [0.15, 0.2) is 30.6 Å². The summed E-state index contributed by atoms with van der Waals surface area (Å²) in [6, 6.07) is 3.67. The highest BCUT2D eigenvalue weighted by Crippen LogP contribution is 2.21. The van der Waals surface area contributed by atoms with Crippen molar-refractivity contribution in [3.63, 3.8) is 0 Å². The predicted molar refractivity (Wildman–Crippen MR) is 62.0 cm³/mol. The van der Waals surface area contributed by atoms with Crippen LogP contribution in [-0.4, -0.2) is 19.7 Å². The first-order valence-corrected chi connectivity index (χ1v) is 5.49. The molecule has 92 valence electrons. The Labute approximate surface area is 101 Å². The van der Waals surface area contributed by atoms with Crippen LogP contribution in [0.3, 0.4) is 0 Å². The lowest BCUT2D eigenvalue weighted by atomic mass is 10.3. The van der Waals surface area contributed by atoms with Gasteiger partial charge in [-0.3, -0.25) is 4.68 Å². The maximum Gasteiger partial charge on any atom is 0.153 e. The number of rotatable bonds is 2. The third kappa shape index (κ3) is 1.66. The van der Waals surface area contributed by atoms with Crippen molar-refractivity contribution < 1.29 is 8.78 Å². The van der Waals surface area contributed by atoms with Gasteiger partial charge in [0, 0.05) is 18.5 Å². The minimum Gasteiger partial charge on any atom is -0.340 e. The Morgan fingerprint density at radius 2 is 2.17 bits per heavy atom. The van der Waals surface area contributed by atoms with E-state index in [1.807, 2.05) is 6.92 Å². The summed E-state index contributed by atoms with van der Waals surface area (Å²) in [6.07, 6.45) is 3.44. The molecule has 2 heterocycles.